The first-order chi connectivity index (χ1) is 9.08. The van der Waals surface area contributed by atoms with E-state index in [2.05, 4.69) is 31.8 Å². The number of hydrazone groups is 1. The predicted molar refractivity (Wildman–Crippen MR) is 82.5 cm³/mol. The molecule has 1 aromatic carbocycles. The molecule has 0 spiro atoms. The topological polar surface area (TPSA) is 67.5 Å². The molecule has 0 fully saturated rings. The molecule has 0 radical (unpaired) electrons. The summed E-state index contributed by atoms with van der Waals surface area (Å²) in [5.41, 5.74) is 3.65. The van der Waals surface area contributed by atoms with Crippen LogP contribution >= 0.6 is 28.1 Å². The number of halogens is 1. The van der Waals surface area contributed by atoms with Crippen molar-refractivity contribution in [2.24, 2.45) is 0 Å². The first-order valence-corrected chi connectivity index (χ1v) is 7.06. The predicted octanol–water partition coefficient (Wildman–Crippen LogP) is 0.452. The SMILES string of the molecule is CCNC(=S)N[NH+]=Cc1cc(Br)c(O)c(OCC)c1. The van der Waals surface area contributed by atoms with Gasteiger partial charge in [-0.1, -0.05) is 0 Å². The molecule has 0 atom stereocenters. The third-order valence-electron chi connectivity index (χ3n) is 2.11. The Bertz CT molecular complexity index is 480. The molecule has 4 N–H and O–H groups in total. The summed E-state index contributed by atoms with van der Waals surface area (Å²) in [4.78, 5) is 0. The number of aromatic hydroxyl groups is 1. The molecule has 0 aliphatic rings. The Hall–Kier alpha value is -1.34. The smallest absolute Gasteiger partial charge is 0.223 e. The first kappa shape index (κ1) is 15.7. The van der Waals surface area contributed by atoms with E-state index in [0.717, 1.165) is 12.1 Å². The van der Waals surface area contributed by atoms with Crippen LogP contribution in [0.4, 0.5) is 0 Å². The Balaban J connectivity index is 2.78. The highest BCUT2D eigenvalue weighted by Gasteiger charge is 2.09. The summed E-state index contributed by atoms with van der Waals surface area (Å²) in [5, 5.41) is 16.1. The zero-order valence-corrected chi connectivity index (χ0v) is 13.2. The van der Waals surface area contributed by atoms with Gasteiger partial charge in [0.1, 0.15) is 0 Å². The van der Waals surface area contributed by atoms with E-state index in [1.165, 1.54) is 0 Å². The maximum atomic E-state index is 9.78. The lowest BCUT2D eigenvalue weighted by Crippen LogP contribution is -2.82. The zero-order valence-electron chi connectivity index (χ0n) is 10.8. The Morgan fingerprint density at radius 1 is 1.53 bits per heavy atom. The summed E-state index contributed by atoms with van der Waals surface area (Å²) in [7, 11) is 0. The molecule has 0 aliphatic carbocycles. The van der Waals surface area contributed by atoms with Crippen LogP contribution in [-0.4, -0.2) is 29.6 Å². The highest BCUT2D eigenvalue weighted by molar-refractivity contribution is 9.10. The number of thiocarbonyl (C=S) groups is 1. The average molecular weight is 347 g/mol. The van der Waals surface area contributed by atoms with Crippen molar-refractivity contribution < 1.29 is 14.9 Å². The molecule has 104 valence electrons. The minimum absolute atomic E-state index is 0.0927. The van der Waals surface area contributed by atoms with Crippen molar-refractivity contribution in [3.8, 4) is 11.5 Å². The number of rotatable bonds is 5. The molecule has 0 aliphatic heterocycles. The van der Waals surface area contributed by atoms with Gasteiger partial charge in [-0.3, -0.25) is 0 Å². The molecule has 0 aromatic heterocycles. The second kappa shape index (κ2) is 7.96. The van der Waals surface area contributed by atoms with E-state index < -0.39 is 0 Å². The lowest BCUT2D eigenvalue weighted by atomic mass is 10.2. The van der Waals surface area contributed by atoms with Crippen molar-refractivity contribution in [3.63, 3.8) is 0 Å². The van der Waals surface area contributed by atoms with Crippen LogP contribution in [0, 0.1) is 0 Å². The third kappa shape index (κ3) is 5.04. The third-order valence-corrected chi connectivity index (χ3v) is 2.96. The van der Waals surface area contributed by atoms with Crippen molar-refractivity contribution in [1.29, 1.82) is 0 Å². The highest BCUT2D eigenvalue weighted by Crippen LogP contribution is 2.34. The minimum Gasteiger partial charge on any atom is -0.503 e. The standard InChI is InChI=1S/C12H16BrN3O2S/c1-3-14-12(19)16-15-7-8-5-9(13)11(17)10(6-8)18-4-2/h5-7,17H,3-4H2,1-2H3,(H2,14,16,19)/p+1. The maximum absolute atomic E-state index is 9.78. The number of hydrogen-bond donors (Lipinski definition) is 4. The van der Waals surface area contributed by atoms with Gasteiger partial charge >= 0.3 is 0 Å². The molecular formula is C12H17BrN3O2S+. The number of benzene rings is 1. The van der Waals surface area contributed by atoms with Gasteiger partial charge in [0.15, 0.2) is 17.7 Å². The van der Waals surface area contributed by atoms with Gasteiger partial charge < -0.3 is 15.2 Å². The largest absolute Gasteiger partial charge is 0.503 e. The van der Waals surface area contributed by atoms with E-state index in [1.807, 2.05) is 13.8 Å². The molecule has 0 saturated heterocycles. The first-order valence-electron chi connectivity index (χ1n) is 5.86. The molecule has 0 heterocycles. The van der Waals surface area contributed by atoms with Gasteiger partial charge in [-0.25, -0.2) is 0 Å². The maximum Gasteiger partial charge on any atom is 0.223 e. The van der Waals surface area contributed by atoms with E-state index >= 15 is 0 Å². The number of hydrogen-bond acceptors (Lipinski definition) is 3. The number of nitrogens with one attached hydrogen (secondary N) is 3. The Morgan fingerprint density at radius 2 is 2.26 bits per heavy atom. The van der Waals surface area contributed by atoms with Crippen LogP contribution in [0.2, 0.25) is 0 Å². The highest BCUT2D eigenvalue weighted by atomic mass is 79.9. The van der Waals surface area contributed by atoms with Crippen molar-refractivity contribution in [3.05, 3.63) is 22.2 Å². The molecule has 1 aromatic rings. The second-order valence-corrected chi connectivity index (χ2v) is 4.82. The van der Waals surface area contributed by atoms with Crippen LogP contribution in [0.15, 0.2) is 16.6 Å². The number of ether oxygens (including phenoxy) is 1. The Labute approximate surface area is 126 Å². The molecule has 0 bridgehead atoms. The van der Waals surface area contributed by atoms with Crippen molar-refractivity contribution >= 4 is 39.5 Å². The van der Waals surface area contributed by atoms with Crippen LogP contribution in [0.25, 0.3) is 0 Å². The van der Waals surface area contributed by atoms with Crippen LogP contribution in [0.3, 0.4) is 0 Å². The van der Waals surface area contributed by atoms with Gasteiger partial charge in [0.25, 0.3) is 0 Å². The molecule has 19 heavy (non-hydrogen) atoms. The van der Waals surface area contributed by atoms with Gasteiger partial charge in [-0.15, -0.1) is 10.5 Å². The van der Waals surface area contributed by atoms with Gasteiger partial charge in [-0.2, -0.15) is 0 Å². The number of phenolic OH excluding ortho intramolecular Hbond substituents is 1. The number of hydrazine groups is 1. The lowest BCUT2D eigenvalue weighted by molar-refractivity contribution is -0.500. The fourth-order valence-electron chi connectivity index (χ4n) is 1.33. The van der Waals surface area contributed by atoms with Crippen LogP contribution < -0.4 is 20.6 Å². The zero-order chi connectivity index (χ0) is 14.3. The van der Waals surface area contributed by atoms with E-state index in [1.54, 1.807) is 18.3 Å². The molecule has 0 amide bonds. The lowest BCUT2D eigenvalue weighted by Gasteiger charge is -2.07. The van der Waals surface area contributed by atoms with E-state index in [-0.39, 0.29) is 5.75 Å². The van der Waals surface area contributed by atoms with Gasteiger partial charge in [-0.05, 0) is 54.1 Å². The monoisotopic (exact) mass is 346 g/mol. The fourth-order valence-corrected chi connectivity index (χ4v) is 2.00. The summed E-state index contributed by atoms with van der Waals surface area (Å²) in [5.74, 6) is 0.523. The van der Waals surface area contributed by atoms with Crippen molar-refractivity contribution in [2.45, 2.75) is 13.8 Å². The van der Waals surface area contributed by atoms with Crippen LogP contribution in [-0.2, 0) is 0 Å². The fraction of sp³-hybridized carbons (Fsp3) is 0.333. The van der Waals surface area contributed by atoms with E-state index in [0.29, 0.717) is 21.9 Å². The molecule has 1 rings (SSSR count). The van der Waals surface area contributed by atoms with Crippen LogP contribution in [0.5, 0.6) is 11.5 Å². The molecule has 5 nitrogen and oxygen atoms in total. The normalized spacial score (nSPS) is 10.5. The van der Waals surface area contributed by atoms with Crippen molar-refractivity contribution in [2.75, 3.05) is 13.2 Å². The molecule has 0 saturated carbocycles. The Kier molecular flexibility index (Phi) is 6.58. The summed E-state index contributed by atoms with van der Waals surface area (Å²) in [6, 6.07) is 3.50. The summed E-state index contributed by atoms with van der Waals surface area (Å²) >= 11 is 8.28. The van der Waals surface area contributed by atoms with E-state index in [4.69, 9.17) is 17.0 Å². The second-order valence-electron chi connectivity index (χ2n) is 3.56. The average Bonchev–Trinajstić information content (AvgIpc) is 2.36. The summed E-state index contributed by atoms with van der Waals surface area (Å²) in [6.45, 7) is 5.06. The molecular weight excluding hydrogens is 330 g/mol. The Morgan fingerprint density at radius 3 is 2.89 bits per heavy atom. The van der Waals surface area contributed by atoms with Gasteiger partial charge in [0.05, 0.1) is 11.1 Å². The minimum atomic E-state index is 0.0927. The van der Waals surface area contributed by atoms with Crippen molar-refractivity contribution in [1.82, 2.24) is 10.7 Å². The van der Waals surface area contributed by atoms with Crippen LogP contribution in [0.1, 0.15) is 19.4 Å². The quantitative estimate of drug-likeness (QED) is 0.354. The van der Waals surface area contributed by atoms with Gasteiger partial charge in [0.2, 0.25) is 5.11 Å². The summed E-state index contributed by atoms with van der Waals surface area (Å²) < 4.78 is 5.91. The number of phenols is 1. The van der Waals surface area contributed by atoms with E-state index in [9.17, 15) is 5.11 Å². The van der Waals surface area contributed by atoms with Gasteiger partial charge in [0, 0.05) is 12.1 Å². The molecule has 7 heteroatoms. The summed E-state index contributed by atoms with van der Waals surface area (Å²) in [6.07, 6.45) is 1.72. The molecule has 0 unspecified atom stereocenters.